The van der Waals surface area contributed by atoms with Crippen molar-refractivity contribution in [3.05, 3.63) is 46.8 Å². The van der Waals surface area contributed by atoms with Gasteiger partial charge in [-0.2, -0.15) is 5.10 Å². The number of β-amino-alcohol motifs (C(OH)–C–C–N with tert-alkyl or cyclic N) is 1. The lowest BCUT2D eigenvalue weighted by Crippen LogP contribution is -2.35. The normalized spacial score (nSPS) is 19.3. The van der Waals surface area contributed by atoms with Crippen LogP contribution in [0.1, 0.15) is 41.4 Å². The lowest BCUT2D eigenvalue weighted by atomic mass is 10.0. The molecule has 25 heavy (non-hydrogen) atoms. The van der Waals surface area contributed by atoms with Crippen LogP contribution in [0.4, 0.5) is 0 Å². The van der Waals surface area contributed by atoms with Crippen LogP contribution in [0.25, 0.3) is 0 Å². The minimum absolute atomic E-state index is 0.317. The SMILES string of the molecule is Cc1cccc(OC[C@@H](O)CN2CCC[C@@H]2c2c(C)nn(C)c2C)c1. The summed E-state index contributed by atoms with van der Waals surface area (Å²) in [5.41, 5.74) is 4.81. The first-order valence-corrected chi connectivity index (χ1v) is 9.07. The summed E-state index contributed by atoms with van der Waals surface area (Å²) in [7, 11) is 2.00. The van der Waals surface area contributed by atoms with E-state index in [4.69, 9.17) is 4.74 Å². The van der Waals surface area contributed by atoms with Gasteiger partial charge in [-0.3, -0.25) is 9.58 Å². The summed E-state index contributed by atoms with van der Waals surface area (Å²) in [5, 5.41) is 15.0. The predicted molar refractivity (Wildman–Crippen MR) is 98.9 cm³/mol. The van der Waals surface area contributed by atoms with Crippen LogP contribution in [0, 0.1) is 20.8 Å². The van der Waals surface area contributed by atoms with Crippen LogP contribution in [0.15, 0.2) is 24.3 Å². The van der Waals surface area contributed by atoms with Gasteiger partial charge >= 0.3 is 0 Å². The maximum Gasteiger partial charge on any atom is 0.119 e. The summed E-state index contributed by atoms with van der Waals surface area (Å²) in [4.78, 5) is 2.38. The topological polar surface area (TPSA) is 50.5 Å². The fraction of sp³-hybridized carbons (Fsp3) is 0.550. The molecule has 2 atom stereocenters. The van der Waals surface area contributed by atoms with Crippen molar-refractivity contribution in [2.24, 2.45) is 7.05 Å². The molecule has 0 radical (unpaired) electrons. The van der Waals surface area contributed by atoms with Gasteiger partial charge in [0.05, 0.1) is 5.69 Å². The molecule has 2 aromatic rings. The first-order chi connectivity index (χ1) is 12.0. The molecule has 1 aromatic carbocycles. The van der Waals surface area contributed by atoms with Crippen molar-refractivity contribution in [1.82, 2.24) is 14.7 Å². The Kier molecular flexibility index (Phi) is 5.45. The van der Waals surface area contributed by atoms with E-state index in [0.29, 0.717) is 19.2 Å². The van der Waals surface area contributed by atoms with Gasteiger partial charge in [0, 0.05) is 30.9 Å². The molecule has 5 nitrogen and oxygen atoms in total. The summed E-state index contributed by atoms with van der Waals surface area (Å²) in [6.45, 7) is 8.21. The number of hydrogen-bond donors (Lipinski definition) is 1. The van der Waals surface area contributed by atoms with E-state index in [9.17, 15) is 5.11 Å². The van der Waals surface area contributed by atoms with Gasteiger partial charge in [-0.1, -0.05) is 12.1 Å². The smallest absolute Gasteiger partial charge is 0.119 e. The molecule has 3 rings (SSSR count). The highest BCUT2D eigenvalue weighted by atomic mass is 16.5. The van der Waals surface area contributed by atoms with Crippen molar-refractivity contribution in [3.63, 3.8) is 0 Å². The Morgan fingerprint density at radius 1 is 1.32 bits per heavy atom. The summed E-state index contributed by atoms with van der Waals surface area (Å²) < 4.78 is 7.72. The van der Waals surface area contributed by atoms with E-state index in [1.54, 1.807) is 0 Å². The molecule has 0 aliphatic carbocycles. The van der Waals surface area contributed by atoms with E-state index in [1.165, 1.54) is 11.3 Å². The van der Waals surface area contributed by atoms with Crippen molar-refractivity contribution in [2.45, 2.75) is 45.8 Å². The molecule has 1 aromatic heterocycles. The van der Waals surface area contributed by atoms with Crippen LogP contribution in [0.3, 0.4) is 0 Å². The van der Waals surface area contributed by atoms with E-state index in [2.05, 4.69) is 23.8 Å². The Morgan fingerprint density at radius 3 is 2.80 bits per heavy atom. The number of aryl methyl sites for hydroxylation is 3. The fourth-order valence-electron chi connectivity index (χ4n) is 3.86. The molecular formula is C20H29N3O2. The average Bonchev–Trinajstić information content (AvgIpc) is 3.10. The third-order valence-electron chi connectivity index (χ3n) is 5.14. The lowest BCUT2D eigenvalue weighted by molar-refractivity contribution is 0.0636. The fourth-order valence-corrected chi connectivity index (χ4v) is 3.86. The number of rotatable bonds is 6. The molecule has 5 heteroatoms. The summed E-state index contributed by atoms with van der Waals surface area (Å²) in [6, 6.07) is 8.29. The number of aliphatic hydroxyl groups excluding tert-OH is 1. The van der Waals surface area contributed by atoms with Crippen molar-refractivity contribution < 1.29 is 9.84 Å². The van der Waals surface area contributed by atoms with Crippen molar-refractivity contribution in [2.75, 3.05) is 19.7 Å². The van der Waals surface area contributed by atoms with Gasteiger partial charge in [-0.05, 0) is 57.9 Å². The van der Waals surface area contributed by atoms with Crippen LogP contribution in [0.5, 0.6) is 5.75 Å². The first kappa shape index (κ1) is 18.0. The molecule has 1 aliphatic rings. The maximum atomic E-state index is 10.5. The van der Waals surface area contributed by atoms with E-state index in [0.717, 1.165) is 36.4 Å². The Bertz CT molecular complexity index is 726. The van der Waals surface area contributed by atoms with Crippen molar-refractivity contribution in [3.8, 4) is 5.75 Å². The molecule has 136 valence electrons. The molecule has 1 aliphatic heterocycles. The van der Waals surface area contributed by atoms with Crippen LogP contribution in [-0.2, 0) is 7.05 Å². The Hall–Kier alpha value is -1.85. The highest BCUT2D eigenvalue weighted by Crippen LogP contribution is 2.35. The largest absolute Gasteiger partial charge is 0.491 e. The number of ether oxygens (including phenoxy) is 1. The summed E-state index contributed by atoms with van der Waals surface area (Å²) in [6.07, 6.45) is 1.78. The Labute approximate surface area is 150 Å². The number of likely N-dealkylation sites (tertiary alicyclic amines) is 1. The molecule has 0 saturated carbocycles. The van der Waals surface area contributed by atoms with Gasteiger partial charge in [0.25, 0.3) is 0 Å². The number of aromatic nitrogens is 2. The lowest BCUT2D eigenvalue weighted by Gasteiger charge is -2.27. The molecule has 1 fully saturated rings. The van der Waals surface area contributed by atoms with Crippen LogP contribution < -0.4 is 4.74 Å². The number of nitrogens with zero attached hydrogens (tertiary/aromatic N) is 3. The van der Waals surface area contributed by atoms with E-state index < -0.39 is 6.10 Å². The Morgan fingerprint density at radius 2 is 2.12 bits per heavy atom. The first-order valence-electron chi connectivity index (χ1n) is 9.07. The van der Waals surface area contributed by atoms with Gasteiger partial charge in [0.1, 0.15) is 18.5 Å². The average molecular weight is 343 g/mol. The third kappa shape index (κ3) is 4.05. The third-order valence-corrected chi connectivity index (χ3v) is 5.14. The van der Waals surface area contributed by atoms with Crippen LogP contribution in [-0.4, -0.2) is 45.6 Å². The van der Waals surface area contributed by atoms with E-state index >= 15 is 0 Å². The highest BCUT2D eigenvalue weighted by Gasteiger charge is 2.31. The molecule has 0 amide bonds. The zero-order chi connectivity index (χ0) is 18.0. The molecule has 1 N–H and O–H groups in total. The summed E-state index contributed by atoms with van der Waals surface area (Å²) in [5.74, 6) is 0.816. The maximum absolute atomic E-state index is 10.5. The number of benzene rings is 1. The quantitative estimate of drug-likeness (QED) is 0.876. The molecule has 0 unspecified atom stereocenters. The number of hydrogen-bond acceptors (Lipinski definition) is 4. The van der Waals surface area contributed by atoms with E-state index in [1.807, 2.05) is 42.9 Å². The second-order valence-corrected chi connectivity index (χ2v) is 7.14. The van der Waals surface area contributed by atoms with E-state index in [-0.39, 0.29) is 0 Å². The zero-order valence-electron chi connectivity index (χ0n) is 15.7. The van der Waals surface area contributed by atoms with Crippen molar-refractivity contribution >= 4 is 0 Å². The highest BCUT2D eigenvalue weighted by molar-refractivity contribution is 5.29. The zero-order valence-corrected chi connectivity index (χ0v) is 15.7. The van der Waals surface area contributed by atoms with Gasteiger partial charge in [-0.25, -0.2) is 0 Å². The second-order valence-electron chi connectivity index (χ2n) is 7.14. The van der Waals surface area contributed by atoms with Gasteiger partial charge in [0.2, 0.25) is 0 Å². The van der Waals surface area contributed by atoms with Crippen LogP contribution in [0.2, 0.25) is 0 Å². The standard InChI is InChI=1S/C20H29N3O2/c1-14-7-5-8-18(11-14)25-13-17(24)12-23-10-6-9-19(23)20-15(2)21-22(4)16(20)3/h5,7-8,11,17,19,24H,6,9-10,12-13H2,1-4H3/t17-,19+/m0/s1. The minimum atomic E-state index is -0.501. The summed E-state index contributed by atoms with van der Waals surface area (Å²) >= 11 is 0. The minimum Gasteiger partial charge on any atom is -0.491 e. The molecular weight excluding hydrogens is 314 g/mol. The Balaban J connectivity index is 1.61. The second kappa shape index (κ2) is 7.58. The molecule has 2 heterocycles. The monoisotopic (exact) mass is 343 g/mol. The van der Waals surface area contributed by atoms with Gasteiger partial charge in [0.15, 0.2) is 0 Å². The van der Waals surface area contributed by atoms with Gasteiger partial charge in [-0.15, -0.1) is 0 Å². The predicted octanol–water partition coefficient (Wildman–Crippen LogP) is 2.92. The molecule has 1 saturated heterocycles. The number of aliphatic hydroxyl groups is 1. The van der Waals surface area contributed by atoms with Crippen molar-refractivity contribution in [1.29, 1.82) is 0 Å². The molecule has 0 bridgehead atoms. The van der Waals surface area contributed by atoms with Crippen LogP contribution >= 0.6 is 0 Å². The van der Waals surface area contributed by atoms with Gasteiger partial charge < -0.3 is 9.84 Å². The molecule has 0 spiro atoms.